The van der Waals surface area contributed by atoms with Crippen molar-refractivity contribution in [2.24, 2.45) is 5.92 Å². The summed E-state index contributed by atoms with van der Waals surface area (Å²) in [6, 6.07) is 12.1. The molecule has 0 aliphatic heterocycles. The first-order chi connectivity index (χ1) is 13.1. The summed E-state index contributed by atoms with van der Waals surface area (Å²) in [6.45, 7) is 6.66. The second-order valence-electron chi connectivity index (χ2n) is 6.99. The Morgan fingerprint density at radius 1 is 1.00 bits per heavy atom. The van der Waals surface area contributed by atoms with Crippen molar-refractivity contribution in [3.63, 3.8) is 0 Å². The van der Waals surface area contributed by atoms with E-state index in [4.69, 9.17) is 4.74 Å². The highest BCUT2D eigenvalue weighted by Gasteiger charge is 2.30. The van der Waals surface area contributed by atoms with Crippen molar-refractivity contribution in [1.82, 2.24) is 4.72 Å². The Bertz CT molecular complexity index is 952. The smallest absolute Gasteiger partial charge is 0.324 e. The summed E-state index contributed by atoms with van der Waals surface area (Å²) >= 11 is 0. The standard InChI is InChI=1S/C21H25NO5S/c1-14(2)20(21(24)27-13-19(23)17-8-6-5-7-9-17)22-28(25,26)18-11-10-15(3)16(4)12-18/h5-12,14,20,22H,13H2,1-4H3/t20-/m0/s1. The molecule has 0 saturated carbocycles. The molecule has 2 aromatic carbocycles. The molecule has 1 atom stereocenters. The molecule has 150 valence electrons. The van der Waals surface area contributed by atoms with Crippen molar-refractivity contribution in [3.8, 4) is 0 Å². The summed E-state index contributed by atoms with van der Waals surface area (Å²) in [5.41, 5.74) is 2.23. The van der Waals surface area contributed by atoms with Gasteiger partial charge in [0.05, 0.1) is 4.90 Å². The lowest BCUT2D eigenvalue weighted by atomic mass is 10.1. The number of nitrogens with one attached hydrogen (secondary N) is 1. The van der Waals surface area contributed by atoms with Gasteiger partial charge in [0.25, 0.3) is 0 Å². The van der Waals surface area contributed by atoms with Crippen molar-refractivity contribution in [2.45, 2.75) is 38.6 Å². The Kier molecular flexibility index (Phi) is 7.10. The predicted molar refractivity (Wildman–Crippen MR) is 107 cm³/mol. The van der Waals surface area contributed by atoms with E-state index in [1.54, 1.807) is 56.3 Å². The van der Waals surface area contributed by atoms with Gasteiger partial charge in [0.2, 0.25) is 10.0 Å². The molecule has 0 bridgehead atoms. The summed E-state index contributed by atoms with van der Waals surface area (Å²) in [7, 11) is -3.92. The van der Waals surface area contributed by atoms with Gasteiger partial charge in [0, 0.05) is 5.56 Å². The van der Waals surface area contributed by atoms with Gasteiger partial charge < -0.3 is 4.74 Å². The van der Waals surface area contributed by atoms with Gasteiger partial charge in [-0.15, -0.1) is 0 Å². The molecular weight excluding hydrogens is 378 g/mol. The molecule has 0 saturated heterocycles. The van der Waals surface area contributed by atoms with E-state index in [-0.39, 0.29) is 16.6 Å². The van der Waals surface area contributed by atoms with E-state index < -0.39 is 28.6 Å². The Balaban J connectivity index is 2.10. The number of aryl methyl sites for hydroxylation is 2. The molecule has 0 fully saturated rings. The second kappa shape index (κ2) is 9.12. The fourth-order valence-electron chi connectivity index (χ4n) is 2.51. The number of carbonyl (C=O) groups is 2. The average molecular weight is 404 g/mol. The van der Waals surface area contributed by atoms with Crippen LogP contribution in [0.3, 0.4) is 0 Å². The molecular formula is C21H25NO5S. The number of Topliss-reactive ketones (excluding diaryl/α,β-unsaturated/α-hetero) is 1. The number of hydrogen-bond donors (Lipinski definition) is 1. The van der Waals surface area contributed by atoms with E-state index >= 15 is 0 Å². The zero-order valence-corrected chi connectivity index (χ0v) is 17.2. The number of esters is 1. The van der Waals surface area contributed by atoms with E-state index in [0.717, 1.165) is 11.1 Å². The van der Waals surface area contributed by atoms with Gasteiger partial charge in [-0.05, 0) is 43.0 Å². The number of carbonyl (C=O) groups excluding carboxylic acids is 2. The Morgan fingerprint density at radius 2 is 1.64 bits per heavy atom. The van der Waals surface area contributed by atoms with E-state index in [2.05, 4.69) is 4.72 Å². The van der Waals surface area contributed by atoms with Crippen LogP contribution in [0.15, 0.2) is 53.4 Å². The molecule has 6 nitrogen and oxygen atoms in total. The van der Waals surface area contributed by atoms with Gasteiger partial charge in [-0.25, -0.2) is 8.42 Å². The van der Waals surface area contributed by atoms with Gasteiger partial charge in [-0.3, -0.25) is 9.59 Å². The fraction of sp³-hybridized carbons (Fsp3) is 0.333. The molecule has 0 spiro atoms. The van der Waals surface area contributed by atoms with Crippen LogP contribution in [0.2, 0.25) is 0 Å². The Morgan fingerprint density at radius 3 is 2.21 bits per heavy atom. The van der Waals surface area contributed by atoms with Crippen LogP contribution in [-0.2, 0) is 19.6 Å². The molecule has 0 heterocycles. The van der Waals surface area contributed by atoms with Crippen LogP contribution in [0, 0.1) is 19.8 Å². The third-order valence-corrected chi connectivity index (χ3v) is 5.87. The summed E-state index contributed by atoms with van der Waals surface area (Å²) < 4.78 is 32.9. The summed E-state index contributed by atoms with van der Waals surface area (Å²) in [4.78, 5) is 24.6. The van der Waals surface area contributed by atoms with E-state index in [0.29, 0.717) is 5.56 Å². The van der Waals surface area contributed by atoms with E-state index in [1.165, 1.54) is 6.07 Å². The molecule has 28 heavy (non-hydrogen) atoms. The quantitative estimate of drug-likeness (QED) is 0.541. The number of rotatable bonds is 8. The van der Waals surface area contributed by atoms with Crippen LogP contribution >= 0.6 is 0 Å². The number of benzene rings is 2. The molecule has 0 unspecified atom stereocenters. The molecule has 0 amide bonds. The monoisotopic (exact) mass is 403 g/mol. The zero-order valence-electron chi connectivity index (χ0n) is 16.4. The van der Waals surface area contributed by atoms with Gasteiger partial charge >= 0.3 is 5.97 Å². The largest absolute Gasteiger partial charge is 0.456 e. The van der Waals surface area contributed by atoms with Crippen LogP contribution < -0.4 is 4.72 Å². The predicted octanol–water partition coefficient (Wildman–Crippen LogP) is 3.03. The summed E-state index contributed by atoms with van der Waals surface area (Å²) in [6.07, 6.45) is 0. The molecule has 2 aromatic rings. The number of sulfonamides is 1. The maximum absolute atomic E-state index is 12.7. The number of ketones is 1. The highest BCUT2D eigenvalue weighted by Crippen LogP contribution is 2.17. The van der Waals surface area contributed by atoms with Crippen molar-refractivity contribution in [3.05, 3.63) is 65.2 Å². The van der Waals surface area contributed by atoms with Crippen LogP contribution in [0.25, 0.3) is 0 Å². The first-order valence-corrected chi connectivity index (χ1v) is 10.4. The lowest BCUT2D eigenvalue weighted by Gasteiger charge is -2.21. The first kappa shape index (κ1) is 21.8. The third kappa shape index (κ3) is 5.50. The van der Waals surface area contributed by atoms with Gasteiger partial charge in [0.15, 0.2) is 12.4 Å². The lowest BCUT2D eigenvalue weighted by molar-refractivity contribution is -0.145. The fourth-order valence-corrected chi connectivity index (χ4v) is 3.92. The van der Waals surface area contributed by atoms with Crippen LogP contribution in [0.4, 0.5) is 0 Å². The molecule has 0 aromatic heterocycles. The molecule has 2 rings (SSSR count). The highest BCUT2D eigenvalue weighted by atomic mass is 32.2. The average Bonchev–Trinajstić information content (AvgIpc) is 2.66. The van der Waals surface area contributed by atoms with Crippen LogP contribution in [0.5, 0.6) is 0 Å². The van der Waals surface area contributed by atoms with Crippen LogP contribution in [0.1, 0.15) is 35.3 Å². The van der Waals surface area contributed by atoms with Crippen molar-refractivity contribution in [2.75, 3.05) is 6.61 Å². The molecule has 0 aliphatic rings. The third-order valence-electron chi connectivity index (χ3n) is 4.43. The van der Waals surface area contributed by atoms with Gasteiger partial charge in [-0.2, -0.15) is 4.72 Å². The van der Waals surface area contributed by atoms with Gasteiger partial charge in [0.1, 0.15) is 6.04 Å². The number of ether oxygens (including phenoxy) is 1. The Labute approximate surface area is 166 Å². The van der Waals surface area contributed by atoms with Crippen molar-refractivity contribution >= 4 is 21.8 Å². The molecule has 0 radical (unpaired) electrons. The second-order valence-corrected chi connectivity index (χ2v) is 8.70. The first-order valence-electron chi connectivity index (χ1n) is 8.96. The number of hydrogen-bond acceptors (Lipinski definition) is 5. The van der Waals surface area contributed by atoms with Crippen molar-refractivity contribution in [1.29, 1.82) is 0 Å². The van der Waals surface area contributed by atoms with Crippen LogP contribution in [-0.4, -0.2) is 32.8 Å². The lowest BCUT2D eigenvalue weighted by Crippen LogP contribution is -2.45. The highest BCUT2D eigenvalue weighted by molar-refractivity contribution is 7.89. The van der Waals surface area contributed by atoms with Crippen molar-refractivity contribution < 1.29 is 22.7 Å². The summed E-state index contributed by atoms with van der Waals surface area (Å²) in [5.74, 6) is -1.50. The SMILES string of the molecule is Cc1ccc(S(=O)(=O)N[C@H](C(=O)OCC(=O)c2ccccc2)C(C)C)cc1C. The summed E-state index contributed by atoms with van der Waals surface area (Å²) in [5, 5.41) is 0. The zero-order chi connectivity index (χ0) is 20.9. The molecule has 7 heteroatoms. The molecule has 0 aliphatic carbocycles. The minimum atomic E-state index is -3.92. The molecule has 1 N–H and O–H groups in total. The maximum atomic E-state index is 12.7. The minimum Gasteiger partial charge on any atom is -0.456 e. The van der Waals surface area contributed by atoms with Gasteiger partial charge in [-0.1, -0.05) is 50.2 Å². The maximum Gasteiger partial charge on any atom is 0.324 e. The Hall–Kier alpha value is -2.51. The topological polar surface area (TPSA) is 89.5 Å². The minimum absolute atomic E-state index is 0.0782. The van der Waals surface area contributed by atoms with E-state index in [1.807, 2.05) is 13.8 Å². The normalized spacial score (nSPS) is 12.6. The van der Waals surface area contributed by atoms with E-state index in [9.17, 15) is 18.0 Å².